The van der Waals surface area contributed by atoms with Gasteiger partial charge in [0.15, 0.2) is 5.11 Å². The van der Waals surface area contributed by atoms with E-state index in [1.165, 1.54) is 19.6 Å². The Kier molecular flexibility index (Phi) is 7.95. The lowest BCUT2D eigenvalue weighted by Crippen LogP contribution is -2.35. The summed E-state index contributed by atoms with van der Waals surface area (Å²) in [6.45, 7) is 1.50. The maximum Gasteiger partial charge on any atom is 0.416 e. The second-order valence-corrected chi connectivity index (χ2v) is 8.00. The van der Waals surface area contributed by atoms with E-state index in [0.717, 1.165) is 50.9 Å². The maximum atomic E-state index is 13.4. The van der Waals surface area contributed by atoms with Crippen molar-refractivity contribution in [2.75, 3.05) is 30.4 Å². The van der Waals surface area contributed by atoms with Gasteiger partial charge in [0.2, 0.25) is 0 Å². The third kappa shape index (κ3) is 6.12. The fourth-order valence-corrected chi connectivity index (χ4v) is 3.94. The van der Waals surface area contributed by atoms with Crippen molar-refractivity contribution in [1.82, 2.24) is 5.32 Å². The van der Waals surface area contributed by atoms with E-state index in [2.05, 4.69) is 15.5 Å². The highest BCUT2D eigenvalue weighted by Gasteiger charge is 2.31. The number of nitrogens with zero attached hydrogens (tertiary/aromatic N) is 1. The summed E-state index contributed by atoms with van der Waals surface area (Å²) < 4.78 is 45.2. The third-order valence-electron chi connectivity index (χ3n) is 5.35. The molecule has 32 heavy (non-hydrogen) atoms. The summed E-state index contributed by atoms with van der Waals surface area (Å²) >= 11 is 5.25. The average molecular weight is 466 g/mol. The quantitative estimate of drug-likeness (QED) is 0.575. The van der Waals surface area contributed by atoms with Gasteiger partial charge in [0.05, 0.1) is 29.6 Å². The van der Waals surface area contributed by atoms with Crippen LogP contribution in [0.15, 0.2) is 42.5 Å². The molecule has 0 aliphatic carbocycles. The van der Waals surface area contributed by atoms with Crippen LogP contribution in [0.4, 0.5) is 24.5 Å². The van der Waals surface area contributed by atoms with Crippen LogP contribution in [-0.4, -0.2) is 31.2 Å². The van der Waals surface area contributed by atoms with Crippen LogP contribution in [0.1, 0.15) is 48.0 Å². The molecule has 0 atom stereocenters. The predicted molar refractivity (Wildman–Crippen MR) is 123 cm³/mol. The van der Waals surface area contributed by atoms with Crippen molar-refractivity contribution in [2.45, 2.75) is 38.3 Å². The molecule has 0 bridgehead atoms. The minimum Gasteiger partial charge on any atom is -0.496 e. The summed E-state index contributed by atoms with van der Waals surface area (Å²) in [4.78, 5) is 14.7. The molecule has 0 radical (unpaired) electrons. The molecule has 0 spiro atoms. The van der Waals surface area contributed by atoms with Crippen molar-refractivity contribution in [2.24, 2.45) is 0 Å². The molecule has 2 N–H and O–H groups in total. The predicted octanol–water partition coefficient (Wildman–Crippen LogP) is 5.61. The number of nitrogens with one attached hydrogen (secondary N) is 2. The second-order valence-electron chi connectivity index (χ2n) is 7.59. The number of carbonyl (C=O) groups is 1. The number of para-hydroxylation sites is 1. The number of ether oxygens (including phenoxy) is 1. The van der Waals surface area contributed by atoms with E-state index in [1.807, 2.05) is 0 Å². The van der Waals surface area contributed by atoms with Crippen molar-refractivity contribution in [1.29, 1.82) is 0 Å². The smallest absolute Gasteiger partial charge is 0.416 e. The summed E-state index contributed by atoms with van der Waals surface area (Å²) in [6, 6.07) is 10.2. The molecule has 1 fully saturated rings. The highest BCUT2D eigenvalue weighted by Crippen LogP contribution is 2.36. The van der Waals surface area contributed by atoms with E-state index in [4.69, 9.17) is 17.0 Å². The summed E-state index contributed by atoms with van der Waals surface area (Å²) in [5, 5.41) is 5.25. The lowest BCUT2D eigenvalue weighted by molar-refractivity contribution is -0.137. The zero-order valence-electron chi connectivity index (χ0n) is 17.8. The topological polar surface area (TPSA) is 53.6 Å². The van der Waals surface area contributed by atoms with Gasteiger partial charge in [-0.1, -0.05) is 31.4 Å². The Bertz CT molecular complexity index is 958. The Morgan fingerprint density at radius 3 is 2.34 bits per heavy atom. The van der Waals surface area contributed by atoms with E-state index in [9.17, 15) is 18.0 Å². The largest absolute Gasteiger partial charge is 0.496 e. The van der Waals surface area contributed by atoms with Gasteiger partial charge in [0, 0.05) is 13.1 Å². The molecule has 5 nitrogen and oxygen atoms in total. The first-order valence-corrected chi connectivity index (χ1v) is 10.9. The van der Waals surface area contributed by atoms with Gasteiger partial charge in [-0.3, -0.25) is 10.1 Å². The van der Waals surface area contributed by atoms with Crippen molar-refractivity contribution < 1.29 is 22.7 Å². The number of anilines is 2. The SMILES string of the molecule is COc1ccccc1C(=O)NC(=S)Nc1cc(C(F)(F)F)ccc1N1CCCCCCC1. The molecule has 1 saturated heterocycles. The monoisotopic (exact) mass is 465 g/mol. The van der Waals surface area contributed by atoms with Crippen LogP contribution in [0.2, 0.25) is 0 Å². The van der Waals surface area contributed by atoms with Crippen LogP contribution in [0.5, 0.6) is 5.75 Å². The molecule has 1 aliphatic heterocycles. The maximum absolute atomic E-state index is 13.4. The molecule has 2 aromatic rings. The van der Waals surface area contributed by atoms with Gasteiger partial charge in [0.1, 0.15) is 5.75 Å². The Balaban J connectivity index is 1.83. The number of hydrogen-bond acceptors (Lipinski definition) is 4. The van der Waals surface area contributed by atoms with Crippen molar-refractivity contribution >= 4 is 34.6 Å². The molecule has 3 rings (SSSR count). The van der Waals surface area contributed by atoms with E-state index in [0.29, 0.717) is 11.4 Å². The van der Waals surface area contributed by atoms with Gasteiger partial charge in [-0.25, -0.2) is 0 Å². The van der Waals surface area contributed by atoms with Gasteiger partial charge in [-0.05, 0) is 55.4 Å². The zero-order chi connectivity index (χ0) is 23.1. The lowest BCUT2D eigenvalue weighted by atomic mass is 10.1. The summed E-state index contributed by atoms with van der Waals surface area (Å²) in [5.41, 5.74) is 0.335. The number of rotatable bonds is 4. The van der Waals surface area contributed by atoms with Crippen LogP contribution in [0.25, 0.3) is 0 Å². The Hall–Kier alpha value is -2.81. The Labute approximate surface area is 190 Å². The number of methoxy groups -OCH3 is 1. The average Bonchev–Trinajstić information content (AvgIpc) is 2.73. The van der Waals surface area contributed by atoms with Crippen molar-refractivity contribution in [3.8, 4) is 5.75 Å². The number of alkyl halides is 3. The number of hydrogen-bond donors (Lipinski definition) is 2. The molecular formula is C23H26F3N3O2S. The molecule has 1 aliphatic rings. The second kappa shape index (κ2) is 10.7. The molecule has 0 aromatic heterocycles. The normalized spacial score (nSPS) is 14.8. The van der Waals surface area contributed by atoms with Crippen LogP contribution >= 0.6 is 12.2 Å². The van der Waals surface area contributed by atoms with Gasteiger partial charge in [-0.2, -0.15) is 13.2 Å². The summed E-state index contributed by atoms with van der Waals surface area (Å²) in [5.74, 6) is -0.145. The standard InChI is InChI=1S/C23H26F3N3O2S/c1-31-20-10-6-5-9-17(20)21(30)28-22(32)27-18-15-16(23(24,25)26)11-12-19(18)29-13-7-3-2-4-8-14-29/h5-6,9-12,15H,2-4,7-8,13-14H2,1H3,(H2,27,28,30,32). The third-order valence-corrected chi connectivity index (χ3v) is 5.55. The zero-order valence-corrected chi connectivity index (χ0v) is 18.6. The minimum absolute atomic E-state index is 0.0893. The van der Waals surface area contributed by atoms with E-state index in [1.54, 1.807) is 24.3 Å². The number of halogens is 3. The number of benzene rings is 2. The molecule has 9 heteroatoms. The van der Waals surface area contributed by atoms with Gasteiger partial charge < -0.3 is 15.0 Å². The van der Waals surface area contributed by atoms with Crippen molar-refractivity contribution in [3.05, 3.63) is 53.6 Å². The molecular weight excluding hydrogens is 439 g/mol. The van der Waals surface area contributed by atoms with Gasteiger partial charge >= 0.3 is 6.18 Å². The fourth-order valence-electron chi connectivity index (χ4n) is 3.73. The molecule has 0 unspecified atom stereocenters. The molecule has 0 saturated carbocycles. The molecule has 1 amide bonds. The van der Waals surface area contributed by atoms with E-state index >= 15 is 0 Å². The van der Waals surface area contributed by atoms with E-state index < -0.39 is 17.6 Å². The number of carbonyl (C=O) groups excluding carboxylic acids is 1. The van der Waals surface area contributed by atoms with E-state index in [-0.39, 0.29) is 16.4 Å². The van der Waals surface area contributed by atoms with Crippen LogP contribution in [-0.2, 0) is 6.18 Å². The molecule has 1 heterocycles. The first-order valence-electron chi connectivity index (χ1n) is 10.5. The van der Waals surface area contributed by atoms with Crippen LogP contribution in [0.3, 0.4) is 0 Å². The number of thiocarbonyl (C=S) groups is 1. The highest BCUT2D eigenvalue weighted by molar-refractivity contribution is 7.80. The summed E-state index contributed by atoms with van der Waals surface area (Å²) in [6.07, 6.45) is 0.796. The first-order chi connectivity index (χ1) is 15.3. The highest BCUT2D eigenvalue weighted by atomic mass is 32.1. The number of amides is 1. The molecule has 2 aromatic carbocycles. The van der Waals surface area contributed by atoms with Crippen LogP contribution < -0.4 is 20.3 Å². The Morgan fingerprint density at radius 1 is 1.03 bits per heavy atom. The van der Waals surface area contributed by atoms with Gasteiger partial charge in [0.25, 0.3) is 5.91 Å². The van der Waals surface area contributed by atoms with Gasteiger partial charge in [-0.15, -0.1) is 0 Å². The summed E-state index contributed by atoms with van der Waals surface area (Å²) in [7, 11) is 1.45. The fraction of sp³-hybridized carbons (Fsp3) is 0.391. The Morgan fingerprint density at radius 2 is 1.69 bits per heavy atom. The lowest BCUT2D eigenvalue weighted by Gasteiger charge is -2.29. The van der Waals surface area contributed by atoms with Crippen molar-refractivity contribution in [3.63, 3.8) is 0 Å². The minimum atomic E-state index is -4.49. The first kappa shape index (κ1) is 23.8. The molecule has 172 valence electrons. The van der Waals surface area contributed by atoms with Crippen LogP contribution in [0, 0.1) is 0 Å².